The Hall–Kier alpha value is -2.58. The van der Waals surface area contributed by atoms with Crippen LogP contribution in [-0.2, 0) is 6.42 Å². The van der Waals surface area contributed by atoms with Crippen LogP contribution in [0.2, 0.25) is 5.02 Å². The van der Waals surface area contributed by atoms with Crippen molar-refractivity contribution in [3.63, 3.8) is 0 Å². The van der Waals surface area contributed by atoms with Crippen LogP contribution in [-0.4, -0.2) is 12.9 Å². The Balaban J connectivity index is 1.57. The smallest absolute Gasteiger partial charge is 0.150 e. The fraction of sp³-hybridized carbons (Fsp3) is 0.296. The lowest BCUT2D eigenvalue weighted by Gasteiger charge is -2.19. The molecule has 3 aromatic rings. The molecule has 0 saturated carbocycles. The Labute approximate surface area is 184 Å². The SMILES string of the molecule is Cc1ccc(CC(CCCCOc2ccc(C=O)cc2)c2cccc(Cl)c2)cc1C. The summed E-state index contributed by atoms with van der Waals surface area (Å²) in [7, 11) is 0. The molecule has 0 aliphatic rings. The summed E-state index contributed by atoms with van der Waals surface area (Å²) in [6.07, 6.45) is 5.00. The number of unbranched alkanes of at least 4 members (excludes halogenated alkanes) is 1. The number of aldehydes is 1. The van der Waals surface area contributed by atoms with E-state index < -0.39 is 0 Å². The number of aryl methyl sites for hydroxylation is 2. The van der Waals surface area contributed by atoms with Crippen LogP contribution in [0.3, 0.4) is 0 Å². The van der Waals surface area contributed by atoms with E-state index in [9.17, 15) is 4.79 Å². The highest BCUT2D eigenvalue weighted by atomic mass is 35.5. The quantitative estimate of drug-likeness (QED) is 0.253. The van der Waals surface area contributed by atoms with E-state index in [4.69, 9.17) is 16.3 Å². The van der Waals surface area contributed by atoms with Gasteiger partial charge in [-0.2, -0.15) is 0 Å². The van der Waals surface area contributed by atoms with Crippen molar-refractivity contribution in [2.24, 2.45) is 0 Å². The van der Waals surface area contributed by atoms with Gasteiger partial charge in [0.2, 0.25) is 0 Å². The molecule has 0 fully saturated rings. The molecule has 1 atom stereocenters. The number of hydrogen-bond donors (Lipinski definition) is 0. The minimum atomic E-state index is 0.428. The molecule has 0 aliphatic carbocycles. The summed E-state index contributed by atoms with van der Waals surface area (Å²) in [5.41, 5.74) is 6.00. The number of hydrogen-bond acceptors (Lipinski definition) is 2. The Bertz CT molecular complexity index is 963. The van der Waals surface area contributed by atoms with E-state index in [1.54, 1.807) is 12.1 Å². The van der Waals surface area contributed by atoms with Crippen LogP contribution in [0, 0.1) is 13.8 Å². The van der Waals surface area contributed by atoms with Gasteiger partial charge >= 0.3 is 0 Å². The summed E-state index contributed by atoms with van der Waals surface area (Å²) in [5, 5.41) is 0.791. The van der Waals surface area contributed by atoms with Crippen molar-refractivity contribution in [2.75, 3.05) is 6.61 Å². The molecule has 2 nitrogen and oxygen atoms in total. The molecule has 0 saturated heterocycles. The summed E-state index contributed by atoms with van der Waals surface area (Å²) < 4.78 is 5.82. The fourth-order valence-electron chi connectivity index (χ4n) is 3.69. The Morgan fingerprint density at radius 1 is 0.933 bits per heavy atom. The van der Waals surface area contributed by atoms with Crippen LogP contribution in [0.5, 0.6) is 5.75 Å². The average Bonchev–Trinajstić information content (AvgIpc) is 2.75. The highest BCUT2D eigenvalue weighted by molar-refractivity contribution is 6.30. The van der Waals surface area contributed by atoms with Crippen molar-refractivity contribution < 1.29 is 9.53 Å². The highest BCUT2D eigenvalue weighted by Gasteiger charge is 2.13. The molecule has 156 valence electrons. The van der Waals surface area contributed by atoms with Gasteiger partial charge in [-0.15, -0.1) is 0 Å². The van der Waals surface area contributed by atoms with Gasteiger partial charge < -0.3 is 4.74 Å². The first-order valence-electron chi connectivity index (χ1n) is 10.5. The fourth-order valence-corrected chi connectivity index (χ4v) is 3.89. The van der Waals surface area contributed by atoms with E-state index in [1.165, 1.54) is 22.3 Å². The average molecular weight is 421 g/mol. The van der Waals surface area contributed by atoms with Gasteiger partial charge in [-0.3, -0.25) is 4.79 Å². The summed E-state index contributed by atoms with van der Waals surface area (Å²) in [6, 6.07) is 22.3. The molecule has 3 heteroatoms. The number of halogens is 1. The first-order chi connectivity index (χ1) is 14.5. The van der Waals surface area contributed by atoms with Gasteiger partial charge in [-0.25, -0.2) is 0 Å². The standard InChI is InChI=1S/C27H29ClO2/c1-20-9-10-23(16-21(20)2)17-24(25-7-5-8-26(28)18-25)6-3-4-15-30-27-13-11-22(19-29)12-14-27/h5,7-14,16,18-19,24H,3-4,6,15,17H2,1-2H3. The van der Waals surface area contributed by atoms with E-state index >= 15 is 0 Å². The summed E-state index contributed by atoms with van der Waals surface area (Å²) >= 11 is 6.27. The molecule has 0 heterocycles. The third-order valence-corrected chi connectivity index (χ3v) is 5.84. The largest absolute Gasteiger partial charge is 0.494 e. The third-order valence-electron chi connectivity index (χ3n) is 5.61. The first kappa shape index (κ1) is 22.1. The summed E-state index contributed by atoms with van der Waals surface area (Å²) in [6.45, 7) is 5.00. The van der Waals surface area contributed by atoms with Crippen LogP contribution in [0.25, 0.3) is 0 Å². The van der Waals surface area contributed by atoms with Gasteiger partial charge in [0, 0.05) is 10.6 Å². The van der Waals surface area contributed by atoms with Gasteiger partial charge in [0.15, 0.2) is 0 Å². The zero-order valence-electron chi connectivity index (χ0n) is 17.7. The van der Waals surface area contributed by atoms with Crippen molar-refractivity contribution in [1.82, 2.24) is 0 Å². The monoisotopic (exact) mass is 420 g/mol. The predicted molar refractivity (Wildman–Crippen MR) is 125 cm³/mol. The van der Waals surface area contributed by atoms with Gasteiger partial charge in [0.05, 0.1) is 6.61 Å². The lowest BCUT2D eigenvalue weighted by molar-refractivity contribution is 0.112. The summed E-state index contributed by atoms with van der Waals surface area (Å²) in [5.74, 6) is 1.24. The van der Waals surface area contributed by atoms with Gasteiger partial charge in [-0.1, -0.05) is 41.9 Å². The molecule has 1 unspecified atom stereocenters. The van der Waals surface area contributed by atoms with Crippen LogP contribution in [0.1, 0.15) is 57.8 Å². The zero-order chi connectivity index (χ0) is 21.3. The molecular weight excluding hydrogens is 392 g/mol. The highest BCUT2D eigenvalue weighted by Crippen LogP contribution is 2.29. The van der Waals surface area contributed by atoms with Crippen LogP contribution in [0.4, 0.5) is 0 Å². The topological polar surface area (TPSA) is 26.3 Å². The van der Waals surface area contributed by atoms with Gasteiger partial charge in [0.1, 0.15) is 12.0 Å². The third kappa shape index (κ3) is 6.47. The molecule has 0 N–H and O–H groups in total. The van der Waals surface area contributed by atoms with Crippen molar-refractivity contribution in [3.05, 3.63) is 99.6 Å². The minimum absolute atomic E-state index is 0.428. The van der Waals surface area contributed by atoms with E-state index in [-0.39, 0.29) is 0 Å². The molecule has 0 amide bonds. The van der Waals surface area contributed by atoms with E-state index in [1.807, 2.05) is 24.3 Å². The normalized spacial score (nSPS) is 11.8. The zero-order valence-corrected chi connectivity index (χ0v) is 18.5. The van der Waals surface area contributed by atoms with Gasteiger partial charge in [-0.05, 0) is 104 Å². The number of ether oxygens (including phenoxy) is 1. The molecule has 30 heavy (non-hydrogen) atoms. The second-order valence-corrected chi connectivity index (χ2v) is 8.34. The molecule has 0 spiro atoms. The first-order valence-corrected chi connectivity index (χ1v) is 10.9. The maximum absolute atomic E-state index is 10.7. The van der Waals surface area contributed by atoms with Crippen LogP contribution >= 0.6 is 11.6 Å². The second-order valence-electron chi connectivity index (χ2n) is 7.91. The number of carbonyl (C=O) groups excluding carboxylic acids is 1. The molecule has 0 aliphatic heterocycles. The Kier molecular flexibility index (Phi) is 8.10. The molecule has 0 aromatic heterocycles. The minimum Gasteiger partial charge on any atom is -0.494 e. The lowest BCUT2D eigenvalue weighted by atomic mass is 9.87. The summed E-state index contributed by atoms with van der Waals surface area (Å²) in [4.78, 5) is 10.7. The van der Waals surface area contributed by atoms with Crippen molar-refractivity contribution in [1.29, 1.82) is 0 Å². The van der Waals surface area contributed by atoms with Gasteiger partial charge in [0.25, 0.3) is 0 Å². The Morgan fingerprint density at radius 3 is 2.43 bits per heavy atom. The molecule has 0 radical (unpaired) electrons. The molecule has 3 rings (SSSR count). The lowest BCUT2D eigenvalue weighted by Crippen LogP contribution is -2.05. The molecular formula is C27H29ClO2. The maximum Gasteiger partial charge on any atom is 0.150 e. The Morgan fingerprint density at radius 2 is 1.73 bits per heavy atom. The van der Waals surface area contributed by atoms with Crippen LogP contribution in [0.15, 0.2) is 66.7 Å². The van der Waals surface area contributed by atoms with Crippen LogP contribution < -0.4 is 4.74 Å². The molecule has 3 aromatic carbocycles. The second kappa shape index (κ2) is 11.0. The van der Waals surface area contributed by atoms with E-state index in [2.05, 4.69) is 44.2 Å². The number of rotatable bonds is 10. The molecule has 0 bridgehead atoms. The van der Waals surface area contributed by atoms with Crippen molar-refractivity contribution in [2.45, 2.75) is 45.4 Å². The van der Waals surface area contributed by atoms with Crippen molar-refractivity contribution in [3.8, 4) is 5.75 Å². The van der Waals surface area contributed by atoms with Crippen molar-refractivity contribution >= 4 is 17.9 Å². The maximum atomic E-state index is 10.7. The van der Waals surface area contributed by atoms with E-state index in [0.717, 1.165) is 42.7 Å². The number of benzene rings is 3. The number of carbonyl (C=O) groups is 1. The predicted octanol–water partition coefficient (Wildman–Crippen LogP) is 7.34. The van der Waals surface area contributed by atoms with E-state index in [0.29, 0.717) is 18.1 Å².